The number of ketones is 2. The molecule has 1 unspecified atom stereocenters. The first-order valence-electron chi connectivity index (χ1n) is 17.7. The summed E-state index contributed by atoms with van der Waals surface area (Å²) in [7, 11) is 3.49. The summed E-state index contributed by atoms with van der Waals surface area (Å²) >= 11 is 0. The molecule has 7 nitrogen and oxygen atoms in total. The molecule has 1 aromatic heterocycles. The normalized spacial score (nSPS) is 11.9. The van der Waals surface area contributed by atoms with Gasteiger partial charge in [0.25, 0.3) is 0 Å². The number of aromatic nitrogens is 1. The Hall–Kier alpha value is -4.75. The first-order chi connectivity index (χ1) is 24.1. The van der Waals surface area contributed by atoms with E-state index in [-0.39, 0.29) is 23.7 Å². The number of pyridine rings is 1. The van der Waals surface area contributed by atoms with E-state index in [9.17, 15) is 14.7 Å². The summed E-state index contributed by atoms with van der Waals surface area (Å²) in [4.78, 5) is 30.0. The van der Waals surface area contributed by atoms with Gasteiger partial charge >= 0.3 is 0 Å². The number of Topliss-reactive ketones (excluding diaryl/α,β-unsaturated/α-hetero) is 1. The molecule has 50 heavy (non-hydrogen) atoms. The molecule has 7 heteroatoms. The Labute approximate surface area is 298 Å². The number of phenols is 1. The van der Waals surface area contributed by atoms with Crippen LogP contribution in [0.1, 0.15) is 89.5 Å². The molecule has 0 aliphatic rings. The molecular formula is C43H53N3O4. The van der Waals surface area contributed by atoms with Crippen LogP contribution in [0, 0.1) is 19.8 Å². The third-order valence-electron chi connectivity index (χ3n) is 9.13. The average Bonchev–Trinajstić information content (AvgIpc) is 3.08. The number of hydrogen-bond acceptors (Lipinski definition) is 7. The molecule has 0 fully saturated rings. The molecule has 0 radical (unpaired) electrons. The molecule has 0 aliphatic heterocycles. The van der Waals surface area contributed by atoms with Crippen LogP contribution in [-0.4, -0.2) is 42.4 Å². The molecule has 0 bridgehead atoms. The van der Waals surface area contributed by atoms with Crippen molar-refractivity contribution in [1.29, 1.82) is 0 Å². The maximum atomic E-state index is 12.8. The number of ether oxygens (including phenoxy) is 1. The highest BCUT2D eigenvalue weighted by atomic mass is 16.5. The van der Waals surface area contributed by atoms with Crippen molar-refractivity contribution in [3.63, 3.8) is 0 Å². The van der Waals surface area contributed by atoms with Crippen LogP contribution in [0.15, 0.2) is 79.0 Å². The second-order valence-corrected chi connectivity index (χ2v) is 13.5. The molecule has 0 spiro atoms. The molecule has 0 aliphatic carbocycles. The number of phenolic OH excluding ortho intramolecular Hbond substituents is 1. The highest BCUT2D eigenvalue weighted by molar-refractivity contribution is 6.06. The van der Waals surface area contributed by atoms with Gasteiger partial charge in [-0.2, -0.15) is 0 Å². The lowest BCUT2D eigenvalue weighted by Crippen LogP contribution is -2.19. The predicted molar refractivity (Wildman–Crippen MR) is 204 cm³/mol. The number of rotatable bonds is 20. The van der Waals surface area contributed by atoms with Gasteiger partial charge in [-0.15, -0.1) is 0 Å². The Morgan fingerprint density at radius 2 is 1.64 bits per heavy atom. The monoisotopic (exact) mass is 675 g/mol. The number of nitrogens with one attached hydrogen (secondary N) is 1. The molecule has 4 rings (SSSR count). The zero-order valence-corrected chi connectivity index (χ0v) is 30.1. The molecule has 264 valence electrons. The lowest BCUT2D eigenvalue weighted by atomic mass is 9.93. The highest BCUT2D eigenvalue weighted by Crippen LogP contribution is 2.32. The van der Waals surface area contributed by atoms with Crippen LogP contribution in [0.3, 0.4) is 0 Å². The number of carbonyl (C=O) groups excluding carboxylic acids is 2. The highest BCUT2D eigenvalue weighted by Gasteiger charge is 2.14. The molecule has 4 aromatic rings. The van der Waals surface area contributed by atoms with E-state index < -0.39 is 0 Å². The second-order valence-electron chi connectivity index (χ2n) is 13.5. The molecule has 1 atom stereocenters. The molecule has 1 heterocycles. The summed E-state index contributed by atoms with van der Waals surface area (Å²) in [5.74, 6) is 1.12. The predicted octanol–water partition coefficient (Wildman–Crippen LogP) is 8.14. The second kappa shape index (κ2) is 19.4. The fraction of sp³-hybridized carbons (Fsp3) is 0.372. The number of aromatic hydroxyl groups is 1. The van der Waals surface area contributed by atoms with Crippen molar-refractivity contribution in [1.82, 2.24) is 10.3 Å². The zero-order valence-electron chi connectivity index (χ0n) is 30.1. The summed E-state index contributed by atoms with van der Waals surface area (Å²) in [5, 5.41) is 13.9. The van der Waals surface area contributed by atoms with E-state index in [2.05, 4.69) is 66.6 Å². The summed E-state index contributed by atoms with van der Waals surface area (Å²) in [6.45, 7) is 5.16. The maximum absolute atomic E-state index is 12.8. The van der Waals surface area contributed by atoms with Gasteiger partial charge in [-0.05, 0) is 123 Å². The van der Waals surface area contributed by atoms with E-state index in [1.54, 1.807) is 24.4 Å². The zero-order chi connectivity index (χ0) is 35.9. The van der Waals surface area contributed by atoms with Crippen LogP contribution in [0.2, 0.25) is 0 Å². The van der Waals surface area contributed by atoms with E-state index in [4.69, 9.17) is 10.5 Å². The Kier molecular flexibility index (Phi) is 14.8. The van der Waals surface area contributed by atoms with E-state index in [0.717, 1.165) is 67.3 Å². The fourth-order valence-corrected chi connectivity index (χ4v) is 6.63. The number of anilines is 1. The van der Waals surface area contributed by atoms with Gasteiger partial charge in [0.15, 0.2) is 17.3 Å². The van der Waals surface area contributed by atoms with Gasteiger partial charge in [0, 0.05) is 19.0 Å². The fourth-order valence-electron chi connectivity index (χ4n) is 6.63. The summed E-state index contributed by atoms with van der Waals surface area (Å²) < 4.78 is 5.35. The van der Waals surface area contributed by atoms with Crippen LogP contribution < -0.4 is 15.8 Å². The van der Waals surface area contributed by atoms with Crippen LogP contribution >= 0.6 is 0 Å². The van der Waals surface area contributed by atoms with Gasteiger partial charge in [0.05, 0.1) is 13.5 Å². The largest absolute Gasteiger partial charge is 0.504 e. The quantitative estimate of drug-likeness (QED) is 0.0492. The third kappa shape index (κ3) is 12.3. The van der Waals surface area contributed by atoms with Crippen LogP contribution in [0.4, 0.5) is 5.82 Å². The van der Waals surface area contributed by atoms with Crippen molar-refractivity contribution in [3.8, 4) is 11.5 Å². The standard InChI is InChI=1S/C43H53N3O4/c1-30-19-31(2)21-34(20-30)22-38-24-35(29-46-43(38)44)23-37-25-41(49)42(50-4)26-36(37)17-18-40(48)27-39(47)14-10-6-9-13-33(28-45-3)16-15-32-11-7-5-8-12-32/h5,7-8,11-12,17-21,24-26,29,33,45,49H,6,9-10,13-16,22-23,27-28H2,1-4H3,(H2,44,46). The van der Waals surface area contributed by atoms with Crippen molar-refractivity contribution in [2.75, 3.05) is 26.4 Å². The number of aryl methyl sites for hydroxylation is 3. The van der Waals surface area contributed by atoms with Gasteiger partial charge in [0.1, 0.15) is 11.6 Å². The van der Waals surface area contributed by atoms with E-state index >= 15 is 0 Å². The Morgan fingerprint density at radius 1 is 0.900 bits per heavy atom. The van der Waals surface area contributed by atoms with E-state index in [1.807, 2.05) is 19.2 Å². The van der Waals surface area contributed by atoms with Crippen molar-refractivity contribution in [2.24, 2.45) is 5.92 Å². The van der Waals surface area contributed by atoms with Gasteiger partial charge < -0.3 is 20.9 Å². The Bertz CT molecular complexity index is 1730. The number of benzene rings is 3. The molecule has 0 saturated heterocycles. The topological polar surface area (TPSA) is 115 Å². The number of unbranched alkanes of at least 4 members (excludes halogenated alkanes) is 2. The minimum atomic E-state index is -0.243. The van der Waals surface area contributed by atoms with Gasteiger partial charge in [0.2, 0.25) is 0 Å². The SMILES string of the molecule is CNCC(CCCCCC(=O)CC(=O)C=Cc1cc(OC)c(O)cc1Cc1cnc(N)c(Cc2cc(C)cc(C)c2)c1)CCc1ccccc1. The first-order valence-corrected chi connectivity index (χ1v) is 17.7. The molecule has 0 saturated carbocycles. The lowest BCUT2D eigenvalue weighted by molar-refractivity contribution is -0.124. The Morgan fingerprint density at radius 3 is 2.36 bits per heavy atom. The molecular weight excluding hydrogens is 622 g/mol. The number of nitrogens with two attached hydrogens (primary N) is 1. The number of hydrogen-bond donors (Lipinski definition) is 3. The smallest absolute Gasteiger partial charge is 0.163 e. The number of carbonyl (C=O) groups is 2. The van der Waals surface area contributed by atoms with Gasteiger partial charge in [-0.1, -0.05) is 78.6 Å². The maximum Gasteiger partial charge on any atom is 0.163 e. The number of allylic oxidation sites excluding steroid dienone is 1. The molecule has 0 amide bonds. The van der Waals surface area contributed by atoms with E-state index in [1.165, 1.54) is 35.4 Å². The number of nitrogens with zero attached hydrogens (tertiary/aromatic N) is 1. The minimum absolute atomic E-state index is 0.00786. The molecule has 4 N–H and O–H groups in total. The average molecular weight is 676 g/mol. The first kappa shape index (κ1) is 38.1. The van der Waals surface area contributed by atoms with Crippen molar-refractivity contribution >= 4 is 23.5 Å². The van der Waals surface area contributed by atoms with Gasteiger partial charge in [-0.25, -0.2) is 4.98 Å². The lowest BCUT2D eigenvalue weighted by Gasteiger charge is -2.16. The Balaban J connectivity index is 1.31. The summed E-state index contributed by atoms with van der Waals surface area (Å²) in [6, 6.07) is 22.4. The van der Waals surface area contributed by atoms with Gasteiger partial charge in [-0.3, -0.25) is 9.59 Å². The van der Waals surface area contributed by atoms with Crippen LogP contribution in [0.25, 0.3) is 6.08 Å². The van der Waals surface area contributed by atoms with E-state index in [0.29, 0.717) is 36.7 Å². The molecule has 3 aromatic carbocycles. The van der Waals surface area contributed by atoms with Crippen molar-refractivity contribution < 1.29 is 19.4 Å². The summed E-state index contributed by atoms with van der Waals surface area (Å²) in [5.41, 5.74) is 14.6. The third-order valence-corrected chi connectivity index (χ3v) is 9.13. The minimum Gasteiger partial charge on any atom is -0.504 e. The number of methoxy groups -OCH3 is 1. The van der Waals surface area contributed by atoms with Crippen molar-refractivity contribution in [3.05, 3.63) is 124 Å². The number of nitrogen functional groups attached to an aromatic ring is 1. The summed E-state index contributed by atoms with van der Waals surface area (Å²) in [6.07, 6.45) is 12.5. The van der Waals surface area contributed by atoms with Crippen LogP contribution in [-0.2, 0) is 28.9 Å². The van der Waals surface area contributed by atoms with Crippen molar-refractivity contribution in [2.45, 2.75) is 78.1 Å². The van der Waals surface area contributed by atoms with Crippen LogP contribution in [0.5, 0.6) is 11.5 Å².